The zero-order valence-corrected chi connectivity index (χ0v) is 7.59. The van der Waals surface area contributed by atoms with Crippen molar-refractivity contribution in [2.24, 2.45) is 0 Å². The number of hydrogen-bond donors (Lipinski definition) is 1. The van der Waals surface area contributed by atoms with Crippen LogP contribution in [0.25, 0.3) is 0 Å². The van der Waals surface area contributed by atoms with Gasteiger partial charge in [0.1, 0.15) is 6.79 Å². The Bertz CT molecular complexity index is 37.4. The summed E-state index contributed by atoms with van der Waals surface area (Å²) in [7, 11) is 0. The number of hydrogen-bond acceptors (Lipinski definition) is 3. The molecular weight excluding hydrogens is 148 g/mol. The molecular formula is C7H20O4. The number of aliphatic hydroxyl groups is 1. The van der Waals surface area contributed by atoms with Gasteiger partial charge in [-0.1, -0.05) is 0 Å². The monoisotopic (exact) mass is 168 g/mol. The molecule has 0 aliphatic rings. The lowest BCUT2D eigenvalue weighted by Gasteiger charge is -1.97. The van der Waals surface area contributed by atoms with Crippen LogP contribution in [0.15, 0.2) is 0 Å². The van der Waals surface area contributed by atoms with Gasteiger partial charge in [0.15, 0.2) is 0 Å². The first-order chi connectivity index (χ1) is 4.83. The van der Waals surface area contributed by atoms with Gasteiger partial charge >= 0.3 is 0 Å². The summed E-state index contributed by atoms with van der Waals surface area (Å²) in [5.74, 6) is 0. The Balaban J connectivity index is -0.000000140. The highest BCUT2D eigenvalue weighted by Gasteiger charge is 1.76. The lowest BCUT2D eigenvalue weighted by atomic mass is 10.9. The normalized spacial score (nSPS) is 7.64. The molecule has 11 heavy (non-hydrogen) atoms. The van der Waals surface area contributed by atoms with Gasteiger partial charge in [-0.2, -0.15) is 0 Å². The topological polar surface area (TPSA) is 70.2 Å². The van der Waals surface area contributed by atoms with Crippen LogP contribution >= 0.6 is 0 Å². The average molecular weight is 168 g/mol. The van der Waals surface area contributed by atoms with Crippen molar-refractivity contribution in [3.05, 3.63) is 0 Å². The first-order valence-electron chi connectivity index (χ1n) is 3.59. The molecule has 0 saturated heterocycles. The van der Waals surface area contributed by atoms with Crippen LogP contribution in [-0.4, -0.2) is 37.2 Å². The Labute approximate surface area is 68.4 Å². The lowest BCUT2D eigenvalue weighted by Crippen LogP contribution is -1.97. The maximum absolute atomic E-state index is 7.57. The van der Waals surface area contributed by atoms with Crippen molar-refractivity contribution in [3.63, 3.8) is 0 Å². The maximum atomic E-state index is 7.57. The third-order valence-corrected chi connectivity index (χ3v) is 0.575. The van der Waals surface area contributed by atoms with Crippen molar-refractivity contribution in [1.29, 1.82) is 0 Å². The molecule has 0 atom stereocenters. The molecule has 4 nitrogen and oxygen atoms in total. The van der Waals surface area contributed by atoms with E-state index in [1.807, 2.05) is 13.8 Å². The Kier molecular flexibility index (Phi) is 35.0. The summed E-state index contributed by atoms with van der Waals surface area (Å²) in [5, 5.41) is 7.57. The van der Waals surface area contributed by atoms with Gasteiger partial charge in [0, 0.05) is 19.8 Å². The molecule has 0 aromatic heterocycles. The Morgan fingerprint density at radius 3 is 1.45 bits per heavy atom. The Hall–Kier alpha value is -0.160. The quantitative estimate of drug-likeness (QED) is 0.481. The summed E-state index contributed by atoms with van der Waals surface area (Å²) in [4.78, 5) is 0. The largest absolute Gasteiger partial charge is 0.412 e. The van der Waals surface area contributed by atoms with E-state index >= 15 is 0 Å². The van der Waals surface area contributed by atoms with Crippen molar-refractivity contribution in [3.8, 4) is 0 Å². The van der Waals surface area contributed by atoms with E-state index in [1.54, 1.807) is 6.92 Å². The summed E-state index contributed by atoms with van der Waals surface area (Å²) in [6.07, 6.45) is 0. The van der Waals surface area contributed by atoms with Crippen LogP contribution in [0.1, 0.15) is 20.8 Å². The molecule has 0 fully saturated rings. The zero-order chi connectivity index (χ0) is 8.24. The molecule has 4 heteroatoms. The average Bonchev–Trinajstić information content (AvgIpc) is 1.91. The second kappa shape index (κ2) is 22.5. The first kappa shape index (κ1) is 17.1. The van der Waals surface area contributed by atoms with Crippen molar-refractivity contribution < 1.29 is 20.1 Å². The molecule has 0 aliphatic carbocycles. The van der Waals surface area contributed by atoms with Crippen LogP contribution < -0.4 is 0 Å². The van der Waals surface area contributed by atoms with Crippen LogP contribution in [0.2, 0.25) is 0 Å². The lowest BCUT2D eigenvalue weighted by molar-refractivity contribution is -0.0445. The summed E-state index contributed by atoms with van der Waals surface area (Å²) < 4.78 is 9.70. The molecule has 0 unspecified atom stereocenters. The van der Waals surface area contributed by atoms with E-state index in [4.69, 9.17) is 14.6 Å². The fourth-order valence-electron chi connectivity index (χ4n) is 0.226. The fourth-order valence-corrected chi connectivity index (χ4v) is 0.226. The van der Waals surface area contributed by atoms with Gasteiger partial charge in [0.05, 0.1) is 0 Å². The predicted molar refractivity (Wildman–Crippen MR) is 44.5 cm³/mol. The molecule has 0 spiro atoms. The van der Waals surface area contributed by atoms with E-state index < -0.39 is 0 Å². The van der Waals surface area contributed by atoms with Gasteiger partial charge < -0.3 is 20.1 Å². The first-order valence-corrected chi connectivity index (χ1v) is 3.59. The smallest absolute Gasteiger partial charge is 0.146 e. The van der Waals surface area contributed by atoms with Crippen LogP contribution in [0.5, 0.6) is 0 Å². The summed E-state index contributed by atoms with van der Waals surface area (Å²) in [5.41, 5.74) is 0. The van der Waals surface area contributed by atoms with Crippen molar-refractivity contribution >= 4 is 0 Å². The highest BCUT2D eigenvalue weighted by molar-refractivity contribution is 4.08. The number of ether oxygens (including phenoxy) is 2. The van der Waals surface area contributed by atoms with Gasteiger partial charge in [0.2, 0.25) is 0 Å². The molecule has 3 N–H and O–H groups in total. The number of rotatable bonds is 4. The van der Waals surface area contributed by atoms with Gasteiger partial charge in [0.25, 0.3) is 0 Å². The molecule has 0 aromatic rings. The number of aliphatic hydroxyl groups excluding tert-OH is 1. The van der Waals surface area contributed by atoms with E-state index in [9.17, 15) is 0 Å². The minimum atomic E-state index is 0. The molecule has 0 aromatic carbocycles. The maximum Gasteiger partial charge on any atom is 0.146 e. The van der Waals surface area contributed by atoms with E-state index in [0.29, 0.717) is 6.79 Å². The van der Waals surface area contributed by atoms with Crippen molar-refractivity contribution in [2.45, 2.75) is 20.8 Å². The van der Waals surface area contributed by atoms with Gasteiger partial charge in [-0.05, 0) is 20.8 Å². The SMILES string of the molecule is CCO.CCOCOCC.O. The fraction of sp³-hybridized carbons (Fsp3) is 1.00. The molecule has 0 aliphatic heterocycles. The molecule has 0 radical (unpaired) electrons. The third-order valence-electron chi connectivity index (χ3n) is 0.575. The van der Waals surface area contributed by atoms with Crippen LogP contribution in [-0.2, 0) is 9.47 Å². The minimum Gasteiger partial charge on any atom is -0.412 e. The van der Waals surface area contributed by atoms with Crippen LogP contribution in [0.4, 0.5) is 0 Å². The van der Waals surface area contributed by atoms with E-state index in [1.165, 1.54) is 0 Å². The van der Waals surface area contributed by atoms with Crippen molar-refractivity contribution in [2.75, 3.05) is 26.6 Å². The van der Waals surface area contributed by atoms with Gasteiger partial charge in [-0.15, -0.1) is 0 Å². The van der Waals surface area contributed by atoms with Gasteiger partial charge in [-0.25, -0.2) is 0 Å². The highest BCUT2D eigenvalue weighted by atomic mass is 16.7. The standard InChI is InChI=1S/C5H12O2.C2H6O.H2O/c1-3-6-5-7-4-2;1-2-3;/h3-5H2,1-2H3;3H,2H2,1H3;1H2. The molecule has 0 amide bonds. The van der Waals surface area contributed by atoms with Crippen molar-refractivity contribution in [1.82, 2.24) is 0 Å². The van der Waals surface area contributed by atoms with E-state index in [2.05, 4.69) is 0 Å². The zero-order valence-electron chi connectivity index (χ0n) is 7.59. The molecule has 0 heterocycles. The molecule has 0 rings (SSSR count). The predicted octanol–water partition coefficient (Wildman–Crippen LogP) is 0.191. The molecule has 0 saturated carbocycles. The highest BCUT2D eigenvalue weighted by Crippen LogP contribution is 1.74. The summed E-state index contributed by atoms with van der Waals surface area (Å²) in [6.45, 7) is 7.73. The Morgan fingerprint density at radius 1 is 1.00 bits per heavy atom. The van der Waals surface area contributed by atoms with Crippen LogP contribution in [0.3, 0.4) is 0 Å². The van der Waals surface area contributed by atoms with Gasteiger partial charge in [-0.3, -0.25) is 0 Å². The molecule has 72 valence electrons. The van der Waals surface area contributed by atoms with Crippen LogP contribution in [0, 0.1) is 0 Å². The van der Waals surface area contributed by atoms with E-state index in [0.717, 1.165) is 13.2 Å². The second-order valence-corrected chi connectivity index (χ2v) is 1.42. The Morgan fingerprint density at radius 2 is 1.27 bits per heavy atom. The van der Waals surface area contributed by atoms with E-state index in [-0.39, 0.29) is 12.1 Å². The third kappa shape index (κ3) is 41.0. The summed E-state index contributed by atoms with van der Waals surface area (Å²) in [6, 6.07) is 0. The molecule has 0 bridgehead atoms. The second-order valence-electron chi connectivity index (χ2n) is 1.42. The summed E-state index contributed by atoms with van der Waals surface area (Å²) >= 11 is 0. The minimum absolute atomic E-state index is 0.